The third-order valence-electron chi connectivity index (χ3n) is 3.45. The molecule has 1 fully saturated rings. The number of piperazine rings is 1. The predicted molar refractivity (Wildman–Crippen MR) is 80.3 cm³/mol. The number of benzene rings is 1. The third kappa shape index (κ3) is 3.90. The summed E-state index contributed by atoms with van der Waals surface area (Å²) in [5.41, 5.74) is 8.21. The summed E-state index contributed by atoms with van der Waals surface area (Å²) in [7, 11) is 0. The number of rotatable bonds is 5. The molecule has 0 radical (unpaired) electrons. The SMILES string of the molecule is CSc1cc(CCCN2CCNCC2)ccc1N. The van der Waals surface area contributed by atoms with Gasteiger partial charge < -0.3 is 16.0 Å². The number of nitrogens with two attached hydrogens (primary N) is 1. The lowest BCUT2D eigenvalue weighted by atomic mass is 10.1. The van der Waals surface area contributed by atoms with E-state index in [2.05, 4.69) is 28.6 Å². The summed E-state index contributed by atoms with van der Waals surface area (Å²) in [6.45, 7) is 5.87. The Bertz CT molecular complexity index is 375. The molecule has 2 rings (SSSR count). The molecule has 1 heterocycles. The molecule has 0 saturated carbocycles. The number of hydrogen-bond acceptors (Lipinski definition) is 4. The smallest absolute Gasteiger partial charge is 0.0452 e. The minimum atomic E-state index is 0.897. The van der Waals surface area contributed by atoms with E-state index < -0.39 is 0 Å². The summed E-state index contributed by atoms with van der Waals surface area (Å²) in [6, 6.07) is 6.43. The molecule has 3 N–H and O–H groups in total. The lowest BCUT2D eigenvalue weighted by Crippen LogP contribution is -2.43. The quantitative estimate of drug-likeness (QED) is 0.629. The zero-order valence-electron chi connectivity index (χ0n) is 11.1. The molecule has 0 amide bonds. The molecular weight excluding hydrogens is 242 g/mol. The van der Waals surface area contributed by atoms with Gasteiger partial charge in [-0.15, -0.1) is 11.8 Å². The number of aryl methyl sites for hydroxylation is 1. The molecule has 4 heteroatoms. The van der Waals surface area contributed by atoms with Crippen molar-refractivity contribution in [1.29, 1.82) is 0 Å². The monoisotopic (exact) mass is 265 g/mol. The average molecular weight is 265 g/mol. The number of hydrogen-bond donors (Lipinski definition) is 2. The topological polar surface area (TPSA) is 41.3 Å². The molecule has 0 spiro atoms. The van der Waals surface area contributed by atoms with Gasteiger partial charge in [-0.1, -0.05) is 6.07 Å². The molecule has 1 saturated heterocycles. The molecule has 100 valence electrons. The molecule has 0 aromatic heterocycles. The van der Waals surface area contributed by atoms with Crippen molar-refractivity contribution >= 4 is 17.4 Å². The molecule has 0 unspecified atom stereocenters. The number of anilines is 1. The fourth-order valence-electron chi connectivity index (χ4n) is 2.35. The van der Waals surface area contributed by atoms with Crippen LogP contribution in [0.25, 0.3) is 0 Å². The molecule has 0 bridgehead atoms. The fraction of sp³-hybridized carbons (Fsp3) is 0.571. The van der Waals surface area contributed by atoms with Gasteiger partial charge >= 0.3 is 0 Å². The lowest BCUT2D eigenvalue weighted by molar-refractivity contribution is 0.238. The Labute approximate surface area is 114 Å². The van der Waals surface area contributed by atoms with Crippen molar-refractivity contribution < 1.29 is 0 Å². The van der Waals surface area contributed by atoms with Gasteiger partial charge in [-0.25, -0.2) is 0 Å². The highest BCUT2D eigenvalue weighted by atomic mass is 32.2. The predicted octanol–water partition coefficient (Wildman–Crippen LogP) is 1.83. The van der Waals surface area contributed by atoms with Crippen LogP contribution in [0.5, 0.6) is 0 Å². The first-order chi connectivity index (χ1) is 8.79. The van der Waals surface area contributed by atoms with Crippen molar-refractivity contribution in [1.82, 2.24) is 10.2 Å². The van der Waals surface area contributed by atoms with Crippen molar-refractivity contribution in [2.75, 3.05) is 44.7 Å². The van der Waals surface area contributed by atoms with Crippen LogP contribution < -0.4 is 11.1 Å². The Hall–Kier alpha value is -0.710. The summed E-state index contributed by atoms with van der Waals surface area (Å²) in [5.74, 6) is 0. The standard InChI is InChI=1S/C14H23N3S/c1-18-14-11-12(4-5-13(14)15)3-2-8-17-9-6-16-7-10-17/h4-5,11,16H,2-3,6-10,15H2,1H3. The molecule has 1 aliphatic rings. The molecular formula is C14H23N3S. The molecule has 1 aromatic carbocycles. The van der Waals surface area contributed by atoms with Crippen molar-refractivity contribution in [2.45, 2.75) is 17.7 Å². The molecule has 0 atom stereocenters. The van der Waals surface area contributed by atoms with Gasteiger partial charge in [0, 0.05) is 36.8 Å². The summed E-state index contributed by atoms with van der Waals surface area (Å²) < 4.78 is 0. The zero-order valence-corrected chi connectivity index (χ0v) is 11.9. The number of nitrogens with zero attached hydrogens (tertiary/aromatic N) is 1. The maximum Gasteiger partial charge on any atom is 0.0452 e. The highest BCUT2D eigenvalue weighted by molar-refractivity contribution is 7.98. The van der Waals surface area contributed by atoms with Gasteiger partial charge in [-0.05, 0) is 43.3 Å². The van der Waals surface area contributed by atoms with Crippen LogP contribution in [0.3, 0.4) is 0 Å². The number of thioether (sulfide) groups is 1. The van der Waals surface area contributed by atoms with Gasteiger partial charge in [0.1, 0.15) is 0 Å². The molecule has 18 heavy (non-hydrogen) atoms. The number of nitrogen functional groups attached to an aromatic ring is 1. The maximum atomic E-state index is 5.91. The Morgan fingerprint density at radius 2 is 2.11 bits per heavy atom. The highest BCUT2D eigenvalue weighted by Gasteiger charge is 2.08. The normalized spacial score (nSPS) is 16.9. The maximum absolute atomic E-state index is 5.91. The average Bonchev–Trinajstić information content (AvgIpc) is 2.42. The molecule has 1 aliphatic heterocycles. The van der Waals surface area contributed by atoms with E-state index in [0.29, 0.717) is 0 Å². The van der Waals surface area contributed by atoms with Crippen LogP contribution >= 0.6 is 11.8 Å². The minimum Gasteiger partial charge on any atom is -0.398 e. The van der Waals surface area contributed by atoms with Crippen LogP contribution in [-0.4, -0.2) is 43.9 Å². The molecule has 0 aliphatic carbocycles. The summed E-state index contributed by atoms with van der Waals surface area (Å²) in [4.78, 5) is 3.75. The second kappa shape index (κ2) is 7.02. The van der Waals surface area contributed by atoms with Gasteiger partial charge in [0.05, 0.1) is 0 Å². The van der Waals surface area contributed by atoms with Crippen LogP contribution in [0.15, 0.2) is 23.1 Å². The largest absolute Gasteiger partial charge is 0.398 e. The van der Waals surface area contributed by atoms with E-state index in [1.54, 1.807) is 11.8 Å². The van der Waals surface area contributed by atoms with E-state index in [9.17, 15) is 0 Å². The Morgan fingerprint density at radius 3 is 2.83 bits per heavy atom. The van der Waals surface area contributed by atoms with Crippen molar-refractivity contribution in [2.24, 2.45) is 0 Å². The van der Waals surface area contributed by atoms with E-state index in [4.69, 9.17) is 5.73 Å². The van der Waals surface area contributed by atoms with Crippen molar-refractivity contribution in [3.63, 3.8) is 0 Å². The van der Waals surface area contributed by atoms with E-state index in [-0.39, 0.29) is 0 Å². The van der Waals surface area contributed by atoms with Gasteiger partial charge in [0.15, 0.2) is 0 Å². The van der Waals surface area contributed by atoms with E-state index in [0.717, 1.165) is 25.2 Å². The van der Waals surface area contributed by atoms with Crippen LogP contribution in [0.4, 0.5) is 5.69 Å². The van der Waals surface area contributed by atoms with E-state index in [1.165, 1.54) is 36.5 Å². The molecule has 1 aromatic rings. The third-order valence-corrected chi connectivity index (χ3v) is 4.24. The Morgan fingerprint density at radius 1 is 1.33 bits per heavy atom. The van der Waals surface area contributed by atoms with Crippen LogP contribution in [-0.2, 0) is 6.42 Å². The van der Waals surface area contributed by atoms with Gasteiger partial charge in [-0.3, -0.25) is 0 Å². The number of nitrogens with one attached hydrogen (secondary N) is 1. The summed E-state index contributed by atoms with van der Waals surface area (Å²) in [5, 5.41) is 3.39. The molecule has 3 nitrogen and oxygen atoms in total. The summed E-state index contributed by atoms with van der Waals surface area (Å²) >= 11 is 1.73. The Kier molecular flexibility index (Phi) is 5.35. The minimum absolute atomic E-state index is 0.897. The second-order valence-corrected chi connectivity index (χ2v) is 5.62. The zero-order chi connectivity index (χ0) is 12.8. The van der Waals surface area contributed by atoms with Gasteiger partial charge in [-0.2, -0.15) is 0 Å². The second-order valence-electron chi connectivity index (χ2n) is 4.77. The van der Waals surface area contributed by atoms with Crippen LogP contribution in [0.2, 0.25) is 0 Å². The highest BCUT2D eigenvalue weighted by Crippen LogP contribution is 2.24. The van der Waals surface area contributed by atoms with E-state index >= 15 is 0 Å². The Balaban J connectivity index is 1.79. The first-order valence-corrected chi connectivity index (χ1v) is 7.87. The lowest BCUT2D eigenvalue weighted by Gasteiger charge is -2.27. The van der Waals surface area contributed by atoms with Crippen molar-refractivity contribution in [3.05, 3.63) is 23.8 Å². The van der Waals surface area contributed by atoms with E-state index in [1.807, 2.05) is 6.07 Å². The first-order valence-electron chi connectivity index (χ1n) is 6.65. The summed E-state index contributed by atoms with van der Waals surface area (Å²) in [6.07, 6.45) is 4.46. The van der Waals surface area contributed by atoms with Gasteiger partial charge in [0.2, 0.25) is 0 Å². The van der Waals surface area contributed by atoms with Crippen LogP contribution in [0, 0.1) is 0 Å². The van der Waals surface area contributed by atoms with Crippen molar-refractivity contribution in [3.8, 4) is 0 Å². The van der Waals surface area contributed by atoms with Crippen LogP contribution in [0.1, 0.15) is 12.0 Å². The first kappa shape index (κ1) is 13.7. The van der Waals surface area contributed by atoms with Gasteiger partial charge in [0.25, 0.3) is 0 Å². The fourth-order valence-corrected chi connectivity index (χ4v) is 2.93.